The lowest BCUT2D eigenvalue weighted by atomic mass is 10.1. The number of hydrogen-bond donors (Lipinski definition) is 0. The number of nitrogens with zero attached hydrogens (tertiary/aromatic N) is 1. The molecule has 1 amide bonds. The van der Waals surface area contributed by atoms with E-state index < -0.39 is 0 Å². The molecule has 0 radical (unpaired) electrons. The molecule has 0 saturated heterocycles. The third-order valence-electron chi connectivity index (χ3n) is 2.40. The largest absolute Gasteiger partial charge is 0.453 e. The molecule has 4 heteroatoms. The number of halogens is 1. The van der Waals surface area contributed by atoms with Crippen LogP contribution >= 0.6 is 22.6 Å². The Kier molecular flexibility index (Phi) is 4.38. The molecular formula is C11H14INO2. The van der Waals surface area contributed by atoms with Gasteiger partial charge in [0.05, 0.1) is 13.2 Å². The molecule has 0 aliphatic rings. The molecule has 0 fully saturated rings. The van der Waals surface area contributed by atoms with Crippen molar-refractivity contribution in [2.75, 3.05) is 14.2 Å². The van der Waals surface area contributed by atoms with E-state index >= 15 is 0 Å². The topological polar surface area (TPSA) is 29.5 Å². The van der Waals surface area contributed by atoms with Crippen LogP contribution in [0.15, 0.2) is 24.3 Å². The van der Waals surface area contributed by atoms with Gasteiger partial charge in [-0.2, -0.15) is 0 Å². The first-order chi connectivity index (χ1) is 7.07. The van der Waals surface area contributed by atoms with E-state index in [1.807, 2.05) is 31.2 Å². The number of carbonyl (C=O) groups is 1. The van der Waals surface area contributed by atoms with Gasteiger partial charge in [-0.15, -0.1) is 0 Å². The quantitative estimate of drug-likeness (QED) is 0.784. The van der Waals surface area contributed by atoms with Crippen molar-refractivity contribution in [1.29, 1.82) is 0 Å². The zero-order valence-electron chi connectivity index (χ0n) is 9.03. The maximum atomic E-state index is 11.3. The standard InChI is InChI=1S/C11H14INO2/c1-8(13(2)11(14)15-3)9-6-4-5-7-10(9)12/h4-8H,1-3H3. The summed E-state index contributed by atoms with van der Waals surface area (Å²) in [4.78, 5) is 12.9. The fourth-order valence-corrected chi connectivity index (χ4v) is 2.16. The summed E-state index contributed by atoms with van der Waals surface area (Å²) in [5.74, 6) is 0. The maximum absolute atomic E-state index is 11.3. The molecular weight excluding hydrogens is 305 g/mol. The van der Waals surface area contributed by atoms with Crippen molar-refractivity contribution >= 4 is 28.7 Å². The fourth-order valence-electron chi connectivity index (χ4n) is 1.32. The fraction of sp³-hybridized carbons (Fsp3) is 0.364. The number of amides is 1. The first-order valence-electron chi connectivity index (χ1n) is 4.63. The van der Waals surface area contributed by atoms with Crippen LogP contribution in [0.25, 0.3) is 0 Å². The highest BCUT2D eigenvalue weighted by Gasteiger charge is 2.18. The Bertz CT molecular complexity index is 354. The molecule has 0 aromatic heterocycles. The summed E-state index contributed by atoms with van der Waals surface area (Å²) in [5, 5.41) is 0. The highest BCUT2D eigenvalue weighted by molar-refractivity contribution is 14.1. The summed E-state index contributed by atoms with van der Waals surface area (Å²) < 4.78 is 5.83. The first-order valence-corrected chi connectivity index (χ1v) is 5.71. The van der Waals surface area contributed by atoms with Crippen LogP contribution in [0.3, 0.4) is 0 Å². The Hall–Kier alpha value is -0.780. The summed E-state index contributed by atoms with van der Waals surface area (Å²) in [6.07, 6.45) is -0.317. The molecule has 1 rings (SSSR count). The van der Waals surface area contributed by atoms with E-state index in [1.165, 1.54) is 7.11 Å². The predicted molar refractivity (Wildman–Crippen MR) is 67.7 cm³/mol. The van der Waals surface area contributed by atoms with E-state index in [0.717, 1.165) is 9.13 Å². The van der Waals surface area contributed by atoms with Crippen molar-refractivity contribution in [3.63, 3.8) is 0 Å². The van der Waals surface area contributed by atoms with E-state index in [1.54, 1.807) is 11.9 Å². The SMILES string of the molecule is COC(=O)N(C)C(C)c1ccccc1I. The van der Waals surface area contributed by atoms with Gasteiger partial charge in [0.25, 0.3) is 0 Å². The molecule has 0 saturated carbocycles. The zero-order chi connectivity index (χ0) is 11.4. The molecule has 0 N–H and O–H groups in total. The number of ether oxygens (including phenoxy) is 1. The lowest BCUT2D eigenvalue weighted by Crippen LogP contribution is -2.29. The molecule has 0 aliphatic heterocycles. The van der Waals surface area contributed by atoms with Crippen LogP contribution in [0, 0.1) is 3.57 Å². The van der Waals surface area contributed by atoms with Crippen molar-refractivity contribution in [3.05, 3.63) is 33.4 Å². The lowest BCUT2D eigenvalue weighted by molar-refractivity contribution is 0.120. The Balaban J connectivity index is 2.89. The molecule has 0 aliphatic carbocycles. The molecule has 3 nitrogen and oxygen atoms in total. The van der Waals surface area contributed by atoms with E-state index in [-0.39, 0.29) is 12.1 Å². The van der Waals surface area contributed by atoms with Gasteiger partial charge in [0.2, 0.25) is 0 Å². The Labute approximate surface area is 104 Å². The summed E-state index contributed by atoms with van der Waals surface area (Å²) in [5.41, 5.74) is 1.13. The van der Waals surface area contributed by atoms with Crippen LogP contribution in [0.2, 0.25) is 0 Å². The van der Waals surface area contributed by atoms with Crippen LogP contribution < -0.4 is 0 Å². The van der Waals surface area contributed by atoms with Crippen LogP contribution in [-0.2, 0) is 4.74 Å². The number of rotatable bonds is 2. The minimum absolute atomic E-state index is 0.0190. The van der Waals surface area contributed by atoms with Crippen LogP contribution in [-0.4, -0.2) is 25.2 Å². The Morgan fingerprint density at radius 2 is 2.07 bits per heavy atom. The first kappa shape index (κ1) is 12.3. The van der Waals surface area contributed by atoms with E-state index in [0.29, 0.717) is 0 Å². The highest BCUT2D eigenvalue weighted by atomic mass is 127. The van der Waals surface area contributed by atoms with Crippen LogP contribution in [0.1, 0.15) is 18.5 Å². The van der Waals surface area contributed by atoms with Crippen molar-refractivity contribution in [3.8, 4) is 0 Å². The van der Waals surface area contributed by atoms with Gasteiger partial charge in [0.15, 0.2) is 0 Å². The Morgan fingerprint density at radius 1 is 1.47 bits per heavy atom. The number of benzene rings is 1. The zero-order valence-corrected chi connectivity index (χ0v) is 11.2. The second-order valence-corrected chi connectivity index (χ2v) is 4.44. The van der Waals surface area contributed by atoms with Crippen molar-refractivity contribution < 1.29 is 9.53 Å². The van der Waals surface area contributed by atoms with Gasteiger partial charge in [-0.05, 0) is 41.1 Å². The van der Waals surface area contributed by atoms with Gasteiger partial charge >= 0.3 is 6.09 Å². The predicted octanol–water partition coefficient (Wildman–Crippen LogP) is 3.05. The van der Waals surface area contributed by atoms with Gasteiger partial charge in [0, 0.05) is 10.6 Å². The summed E-state index contributed by atoms with van der Waals surface area (Å²) in [6, 6.07) is 8.02. The van der Waals surface area contributed by atoms with Gasteiger partial charge in [-0.3, -0.25) is 0 Å². The monoisotopic (exact) mass is 319 g/mol. The summed E-state index contributed by atoms with van der Waals surface area (Å²) in [7, 11) is 3.13. The summed E-state index contributed by atoms with van der Waals surface area (Å²) in [6.45, 7) is 1.98. The van der Waals surface area contributed by atoms with Crippen LogP contribution in [0.5, 0.6) is 0 Å². The minimum Gasteiger partial charge on any atom is -0.453 e. The number of carbonyl (C=O) groups excluding carboxylic acids is 1. The van der Waals surface area contributed by atoms with Gasteiger partial charge in [-0.25, -0.2) is 4.79 Å². The summed E-state index contributed by atoms with van der Waals surface area (Å²) >= 11 is 2.27. The average Bonchev–Trinajstić information content (AvgIpc) is 2.26. The van der Waals surface area contributed by atoms with E-state index in [9.17, 15) is 4.79 Å². The van der Waals surface area contributed by atoms with Gasteiger partial charge in [-0.1, -0.05) is 18.2 Å². The smallest absolute Gasteiger partial charge is 0.409 e. The molecule has 82 valence electrons. The highest BCUT2D eigenvalue weighted by Crippen LogP contribution is 2.23. The third-order valence-corrected chi connectivity index (χ3v) is 3.38. The second kappa shape index (κ2) is 5.34. The van der Waals surface area contributed by atoms with Crippen LogP contribution in [0.4, 0.5) is 4.79 Å². The molecule has 0 spiro atoms. The molecule has 1 unspecified atom stereocenters. The minimum atomic E-state index is -0.317. The normalized spacial score (nSPS) is 12.0. The molecule has 0 heterocycles. The van der Waals surface area contributed by atoms with Crippen molar-refractivity contribution in [2.24, 2.45) is 0 Å². The molecule has 0 bridgehead atoms. The molecule has 1 aromatic rings. The van der Waals surface area contributed by atoms with Crippen molar-refractivity contribution in [2.45, 2.75) is 13.0 Å². The number of hydrogen-bond acceptors (Lipinski definition) is 2. The number of methoxy groups -OCH3 is 1. The second-order valence-electron chi connectivity index (χ2n) is 3.28. The molecule has 1 atom stereocenters. The van der Waals surface area contributed by atoms with E-state index in [4.69, 9.17) is 0 Å². The maximum Gasteiger partial charge on any atom is 0.409 e. The van der Waals surface area contributed by atoms with Gasteiger partial charge < -0.3 is 9.64 Å². The molecule has 1 aromatic carbocycles. The van der Waals surface area contributed by atoms with Crippen molar-refractivity contribution in [1.82, 2.24) is 4.90 Å². The molecule has 15 heavy (non-hydrogen) atoms. The Morgan fingerprint density at radius 3 is 2.60 bits per heavy atom. The third kappa shape index (κ3) is 2.84. The average molecular weight is 319 g/mol. The van der Waals surface area contributed by atoms with Gasteiger partial charge in [0.1, 0.15) is 0 Å². The lowest BCUT2D eigenvalue weighted by Gasteiger charge is -2.24. The van der Waals surface area contributed by atoms with E-state index in [2.05, 4.69) is 27.3 Å².